The maximum atomic E-state index is 13.4. The van der Waals surface area contributed by atoms with Gasteiger partial charge in [-0.25, -0.2) is 8.78 Å². The fraction of sp³-hybridized carbons (Fsp3) is 0.100. The van der Waals surface area contributed by atoms with Crippen LogP contribution in [0.15, 0.2) is 12.1 Å². The van der Waals surface area contributed by atoms with Gasteiger partial charge in [-0.3, -0.25) is 4.79 Å². The van der Waals surface area contributed by atoms with Crippen molar-refractivity contribution in [2.45, 2.75) is 0 Å². The van der Waals surface area contributed by atoms with Crippen molar-refractivity contribution in [3.63, 3.8) is 0 Å². The topological polar surface area (TPSA) is 68.1 Å². The molecule has 2 aromatic rings. The third kappa shape index (κ3) is 1.39. The first-order valence-corrected chi connectivity index (χ1v) is 4.39. The van der Waals surface area contributed by atoms with Gasteiger partial charge in [0, 0.05) is 11.5 Å². The molecule has 0 bridgehead atoms. The van der Waals surface area contributed by atoms with Crippen LogP contribution in [0.25, 0.3) is 10.9 Å². The van der Waals surface area contributed by atoms with E-state index in [-0.39, 0.29) is 22.3 Å². The number of hydrogen-bond acceptors (Lipinski definition) is 2. The van der Waals surface area contributed by atoms with E-state index in [4.69, 9.17) is 10.5 Å². The van der Waals surface area contributed by atoms with Crippen molar-refractivity contribution in [1.29, 1.82) is 0 Å². The molecule has 0 aliphatic carbocycles. The number of nitrogens with two attached hydrogens (primary N) is 1. The van der Waals surface area contributed by atoms with Gasteiger partial charge in [0.25, 0.3) is 5.91 Å². The lowest BCUT2D eigenvalue weighted by Gasteiger charge is -2.02. The number of aromatic nitrogens is 1. The molecular weight excluding hydrogens is 218 g/mol. The van der Waals surface area contributed by atoms with Gasteiger partial charge in [0.15, 0.2) is 11.6 Å². The van der Waals surface area contributed by atoms with E-state index in [1.54, 1.807) is 0 Å². The predicted octanol–water partition coefficient (Wildman–Crippen LogP) is 1.55. The molecule has 1 aromatic heterocycles. The number of hydrogen-bond donors (Lipinski definition) is 2. The number of rotatable bonds is 2. The van der Waals surface area contributed by atoms with Crippen molar-refractivity contribution < 1.29 is 18.3 Å². The Bertz CT molecular complexity index is 578. The Balaban J connectivity index is 2.83. The Morgan fingerprint density at radius 1 is 1.44 bits per heavy atom. The molecule has 0 fully saturated rings. The first-order chi connectivity index (χ1) is 7.54. The number of ether oxygens (including phenoxy) is 1. The van der Waals surface area contributed by atoms with E-state index in [1.807, 2.05) is 0 Å². The highest BCUT2D eigenvalue weighted by atomic mass is 19.2. The Morgan fingerprint density at radius 3 is 2.69 bits per heavy atom. The van der Waals surface area contributed by atoms with Crippen LogP contribution in [0.1, 0.15) is 10.5 Å². The van der Waals surface area contributed by atoms with Crippen LogP contribution in [-0.2, 0) is 0 Å². The van der Waals surface area contributed by atoms with Gasteiger partial charge in [-0.05, 0) is 6.07 Å². The summed E-state index contributed by atoms with van der Waals surface area (Å²) in [6.07, 6.45) is 0. The summed E-state index contributed by atoms with van der Waals surface area (Å²) in [5, 5.41) is 0.273. The van der Waals surface area contributed by atoms with Crippen LogP contribution in [0, 0.1) is 11.6 Å². The Morgan fingerprint density at radius 2 is 2.12 bits per heavy atom. The van der Waals surface area contributed by atoms with Crippen molar-refractivity contribution in [3.8, 4) is 5.75 Å². The molecule has 0 unspecified atom stereocenters. The third-order valence-corrected chi connectivity index (χ3v) is 2.26. The number of H-pyrrole nitrogens is 1. The molecule has 2 rings (SSSR count). The minimum absolute atomic E-state index is 0.00204. The van der Waals surface area contributed by atoms with Crippen LogP contribution in [0.2, 0.25) is 0 Å². The van der Waals surface area contributed by atoms with Crippen molar-refractivity contribution in [2.75, 3.05) is 7.11 Å². The highest BCUT2D eigenvalue weighted by Crippen LogP contribution is 2.30. The van der Waals surface area contributed by atoms with E-state index in [0.29, 0.717) is 0 Å². The van der Waals surface area contributed by atoms with Crippen molar-refractivity contribution in [1.82, 2.24) is 4.98 Å². The van der Waals surface area contributed by atoms with Gasteiger partial charge >= 0.3 is 0 Å². The van der Waals surface area contributed by atoms with Gasteiger partial charge in [-0.1, -0.05) is 0 Å². The maximum absolute atomic E-state index is 13.4. The zero-order valence-electron chi connectivity index (χ0n) is 8.30. The van der Waals surface area contributed by atoms with Crippen LogP contribution >= 0.6 is 0 Å². The van der Waals surface area contributed by atoms with E-state index in [0.717, 1.165) is 6.07 Å². The zero-order valence-corrected chi connectivity index (χ0v) is 8.30. The number of carbonyl (C=O) groups is 1. The summed E-state index contributed by atoms with van der Waals surface area (Å²) in [6.45, 7) is 0. The number of halogens is 2. The molecule has 0 saturated carbocycles. The summed E-state index contributed by atoms with van der Waals surface area (Å²) in [4.78, 5) is 13.3. The number of methoxy groups -OCH3 is 1. The van der Waals surface area contributed by atoms with Crippen LogP contribution in [0.3, 0.4) is 0 Å². The number of amides is 1. The van der Waals surface area contributed by atoms with Crippen LogP contribution < -0.4 is 10.5 Å². The second kappa shape index (κ2) is 3.48. The zero-order chi connectivity index (χ0) is 11.9. The average molecular weight is 226 g/mol. The fourth-order valence-electron chi connectivity index (χ4n) is 1.50. The minimum Gasteiger partial charge on any atom is -0.496 e. The number of fused-ring (bicyclic) bond motifs is 1. The number of carbonyl (C=O) groups excluding carboxylic acids is 1. The molecule has 1 heterocycles. The average Bonchev–Trinajstić information content (AvgIpc) is 2.68. The first-order valence-electron chi connectivity index (χ1n) is 4.39. The van der Waals surface area contributed by atoms with E-state index in [9.17, 15) is 13.6 Å². The number of aromatic amines is 1. The van der Waals surface area contributed by atoms with E-state index in [1.165, 1.54) is 13.2 Å². The second-order valence-electron chi connectivity index (χ2n) is 3.21. The van der Waals surface area contributed by atoms with Crippen LogP contribution in [0.5, 0.6) is 5.75 Å². The quantitative estimate of drug-likeness (QED) is 0.815. The lowest BCUT2D eigenvalue weighted by Crippen LogP contribution is -2.10. The largest absolute Gasteiger partial charge is 0.496 e. The standard InChI is InChI=1S/C10H8F2N2O2/c1-16-7-3-5(11)8(12)9-4(7)2-6(14-9)10(13)15/h2-3,14H,1H3,(H2,13,15). The Labute approximate surface area is 89.0 Å². The summed E-state index contributed by atoms with van der Waals surface area (Å²) >= 11 is 0. The molecule has 3 N–H and O–H groups in total. The van der Waals surface area contributed by atoms with Crippen molar-refractivity contribution >= 4 is 16.8 Å². The molecular formula is C10H8F2N2O2. The molecule has 0 aliphatic rings. The SMILES string of the molecule is COc1cc(F)c(F)c2[nH]c(C(N)=O)cc12. The summed E-state index contributed by atoms with van der Waals surface area (Å²) in [6, 6.07) is 2.23. The summed E-state index contributed by atoms with van der Waals surface area (Å²) in [5.74, 6) is -2.73. The fourth-order valence-corrected chi connectivity index (χ4v) is 1.50. The first kappa shape index (κ1) is 10.4. The Hall–Kier alpha value is -2.11. The monoisotopic (exact) mass is 226 g/mol. The molecule has 84 valence electrons. The van der Waals surface area contributed by atoms with Gasteiger partial charge in [-0.15, -0.1) is 0 Å². The van der Waals surface area contributed by atoms with Gasteiger partial charge in [-0.2, -0.15) is 0 Å². The lowest BCUT2D eigenvalue weighted by atomic mass is 10.2. The van der Waals surface area contributed by atoms with Gasteiger partial charge < -0.3 is 15.5 Å². The van der Waals surface area contributed by atoms with E-state index >= 15 is 0 Å². The summed E-state index contributed by atoms with van der Waals surface area (Å²) < 4.78 is 31.4. The molecule has 0 saturated heterocycles. The highest BCUT2D eigenvalue weighted by Gasteiger charge is 2.17. The molecule has 0 aliphatic heterocycles. The normalized spacial score (nSPS) is 10.7. The van der Waals surface area contributed by atoms with Crippen molar-refractivity contribution in [3.05, 3.63) is 29.5 Å². The van der Waals surface area contributed by atoms with Crippen LogP contribution in [0.4, 0.5) is 8.78 Å². The molecule has 0 atom stereocenters. The molecule has 1 aromatic carbocycles. The summed E-state index contributed by atoms with van der Waals surface area (Å²) in [7, 11) is 1.32. The number of nitrogens with one attached hydrogen (secondary N) is 1. The molecule has 0 radical (unpaired) electrons. The predicted molar refractivity (Wildman–Crippen MR) is 53.3 cm³/mol. The Kier molecular flexibility index (Phi) is 2.26. The smallest absolute Gasteiger partial charge is 0.265 e. The number of primary amides is 1. The van der Waals surface area contributed by atoms with E-state index < -0.39 is 17.5 Å². The lowest BCUT2D eigenvalue weighted by molar-refractivity contribution is 0.0996. The van der Waals surface area contributed by atoms with Gasteiger partial charge in [0.1, 0.15) is 11.4 Å². The van der Waals surface area contributed by atoms with E-state index in [2.05, 4.69) is 4.98 Å². The van der Waals surface area contributed by atoms with Gasteiger partial charge in [0.2, 0.25) is 0 Å². The van der Waals surface area contributed by atoms with Crippen molar-refractivity contribution in [2.24, 2.45) is 5.73 Å². The highest BCUT2D eigenvalue weighted by molar-refractivity contribution is 5.99. The molecule has 0 spiro atoms. The second-order valence-corrected chi connectivity index (χ2v) is 3.21. The van der Waals surface area contributed by atoms with Gasteiger partial charge in [0.05, 0.1) is 12.6 Å². The summed E-state index contributed by atoms with van der Waals surface area (Å²) in [5.41, 5.74) is 4.89. The molecule has 6 heteroatoms. The number of benzene rings is 1. The third-order valence-electron chi connectivity index (χ3n) is 2.26. The van der Waals surface area contributed by atoms with Crippen LogP contribution in [-0.4, -0.2) is 18.0 Å². The molecule has 1 amide bonds. The minimum atomic E-state index is -1.07. The maximum Gasteiger partial charge on any atom is 0.265 e. The molecule has 16 heavy (non-hydrogen) atoms. The molecule has 4 nitrogen and oxygen atoms in total.